The van der Waals surface area contributed by atoms with Gasteiger partial charge in [0, 0.05) is 24.4 Å². The number of rotatable bonds is 7. The molecule has 0 radical (unpaired) electrons. The molecule has 11 nitrogen and oxygen atoms in total. The lowest BCUT2D eigenvalue weighted by Gasteiger charge is -2.33. The molecule has 3 heterocycles. The number of benzene rings is 2. The van der Waals surface area contributed by atoms with Crippen molar-refractivity contribution in [1.29, 1.82) is 0 Å². The highest BCUT2D eigenvalue weighted by Crippen LogP contribution is 2.41. The molecule has 0 bridgehead atoms. The van der Waals surface area contributed by atoms with E-state index in [0.717, 1.165) is 28.6 Å². The maximum absolute atomic E-state index is 12.7. The number of para-hydroxylation sites is 1. The maximum Gasteiger partial charge on any atom is 0.285 e. The fraction of sp³-hybridized carbons (Fsp3) is 0.214. The van der Waals surface area contributed by atoms with Gasteiger partial charge in [0.15, 0.2) is 11.9 Å². The molecule has 0 saturated heterocycles. The van der Waals surface area contributed by atoms with E-state index in [-0.39, 0.29) is 16.5 Å². The lowest BCUT2D eigenvalue weighted by molar-refractivity contribution is 0.0675. The van der Waals surface area contributed by atoms with Gasteiger partial charge in [0.05, 0.1) is 41.1 Å². The first kappa shape index (κ1) is 28.3. The van der Waals surface area contributed by atoms with E-state index in [1.807, 2.05) is 67.2 Å². The third-order valence-corrected chi connectivity index (χ3v) is 7.33. The van der Waals surface area contributed by atoms with E-state index in [1.54, 1.807) is 28.9 Å². The van der Waals surface area contributed by atoms with E-state index in [1.165, 1.54) is 6.07 Å². The molecule has 0 saturated carbocycles. The van der Waals surface area contributed by atoms with Gasteiger partial charge in [-0.3, -0.25) is 4.79 Å². The fourth-order valence-corrected chi connectivity index (χ4v) is 5.26. The van der Waals surface area contributed by atoms with Crippen LogP contribution in [0.25, 0.3) is 5.69 Å². The molecule has 5 rings (SSSR count). The van der Waals surface area contributed by atoms with E-state index in [9.17, 15) is 18.3 Å². The summed E-state index contributed by atoms with van der Waals surface area (Å²) in [6.07, 6.45) is 3.45. The summed E-state index contributed by atoms with van der Waals surface area (Å²) in [4.78, 5) is 23.4. The summed E-state index contributed by atoms with van der Waals surface area (Å²) in [6, 6.07) is 16.1. The molecule has 41 heavy (non-hydrogen) atoms. The van der Waals surface area contributed by atoms with Crippen LogP contribution < -0.4 is 10.0 Å². The standard InChI is InChI=1S/C28H28ClN7O4S/c1-16-12-20(17(2)31-22-10-11-23(29)32-25(22)27(37)34-41(4,39)40)24-21(13-16)28(38)35(3)26(33-24)18-14-30-36(15-18)19-8-6-5-7-9-19/h5-15,17,28,31,38H,1-4H3,(H,34,37)/t17-,28?/m1/s1. The quantitative estimate of drug-likeness (QED) is 0.272. The number of fused-ring (bicyclic) bond motifs is 1. The van der Waals surface area contributed by atoms with E-state index in [4.69, 9.17) is 16.6 Å². The average molecular weight is 594 g/mol. The Morgan fingerprint density at radius 1 is 1.15 bits per heavy atom. The third kappa shape index (κ3) is 5.94. The summed E-state index contributed by atoms with van der Waals surface area (Å²) < 4.78 is 27.0. The zero-order chi connectivity index (χ0) is 29.5. The number of aryl methyl sites for hydroxylation is 1. The number of hydrogen-bond donors (Lipinski definition) is 3. The molecule has 13 heteroatoms. The van der Waals surface area contributed by atoms with Crippen LogP contribution in [0.5, 0.6) is 0 Å². The predicted octanol–water partition coefficient (Wildman–Crippen LogP) is 4.11. The van der Waals surface area contributed by atoms with Crippen molar-refractivity contribution in [2.24, 2.45) is 4.99 Å². The number of nitrogens with zero attached hydrogens (tertiary/aromatic N) is 5. The molecule has 212 valence electrons. The molecule has 4 aromatic rings. The molecule has 0 fully saturated rings. The highest BCUT2D eigenvalue weighted by molar-refractivity contribution is 7.89. The number of aliphatic imine (C=N–C) groups is 1. The van der Waals surface area contributed by atoms with Crippen LogP contribution >= 0.6 is 11.6 Å². The first-order chi connectivity index (χ1) is 19.4. The second-order valence-electron chi connectivity index (χ2n) is 9.82. The van der Waals surface area contributed by atoms with Gasteiger partial charge in [-0.15, -0.1) is 0 Å². The zero-order valence-corrected chi connectivity index (χ0v) is 24.3. The van der Waals surface area contributed by atoms with Gasteiger partial charge < -0.3 is 15.3 Å². The second kappa shape index (κ2) is 11.0. The van der Waals surface area contributed by atoms with Crippen molar-refractivity contribution in [3.05, 3.63) is 100 Å². The first-order valence-corrected chi connectivity index (χ1v) is 14.9. The summed E-state index contributed by atoms with van der Waals surface area (Å²) in [7, 11) is -2.06. The third-order valence-electron chi connectivity index (χ3n) is 6.56. The smallest absolute Gasteiger partial charge is 0.285 e. The minimum atomic E-state index is -3.83. The van der Waals surface area contributed by atoms with Crippen molar-refractivity contribution >= 4 is 44.7 Å². The van der Waals surface area contributed by atoms with Crippen molar-refractivity contribution in [2.45, 2.75) is 26.1 Å². The largest absolute Gasteiger partial charge is 0.377 e. The van der Waals surface area contributed by atoms with Crippen LogP contribution in [0.15, 0.2) is 72.0 Å². The first-order valence-electron chi connectivity index (χ1n) is 12.6. The molecule has 3 N–H and O–H groups in total. The summed E-state index contributed by atoms with van der Waals surface area (Å²) in [5, 5.41) is 19.1. The molecular weight excluding hydrogens is 566 g/mol. The zero-order valence-electron chi connectivity index (χ0n) is 22.7. The van der Waals surface area contributed by atoms with Crippen molar-refractivity contribution < 1.29 is 18.3 Å². The van der Waals surface area contributed by atoms with E-state index in [0.29, 0.717) is 17.1 Å². The Labute approximate surface area is 242 Å². The molecule has 2 aromatic carbocycles. The number of pyridine rings is 1. The SMILES string of the molecule is Cc1cc2c(c([C@@H](C)Nc3ccc(Cl)nc3C(=O)NS(C)(=O)=O)c1)N=C(c1cnn(-c3ccccc3)c1)N(C)C2O. The van der Waals surface area contributed by atoms with Gasteiger partial charge in [0.1, 0.15) is 11.0 Å². The number of anilines is 1. The molecular formula is C28H28ClN7O4S. The number of aromatic nitrogens is 3. The number of amidine groups is 1. The fourth-order valence-electron chi connectivity index (χ4n) is 4.68. The van der Waals surface area contributed by atoms with E-state index >= 15 is 0 Å². The molecule has 0 spiro atoms. The average Bonchev–Trinajstić information content (AvgIpc) is 3.41. The van der Waals surface area contributed by atoms with Gasteiger partial charge in [-0.05, 0) is 44.2 Å². The van der Waals surface area contributed by atoms with Crippen LogP contribution in [0.3, 0.4) is 0 Å². The summed E-state index contributed by atoms with van der Waals surface area (Å²) in [5.41, 5.74) is 4.57. The minimum absolute atomic E-state index is 0.0336. The Bertz CT molecular complexity index is 1770. The number of carbonyl (C=O) groups excluding carboxylic acids is 1. The molecule has 1 aliphatic rings. The summed E-state index contributed by atoms with van der Waals surface area (Å²) >= 11 is 6.02. The van der Waals surface area contributed by atoms with Crippen LogP contribution in [0, 0.1) is 6.92 Å². The number of carbonyl (C=O) groups is 1. The lowest BCUT2D eigenvalue weighted by Crippen LogP contribution is -2.34. The number of sulfonamides is 1. The van der Waals surface area contributed by atoms with Gasteiger partial charge in [-0.25, -0.2) is 27.8 Å². The normalized spacial score (nSPS) is 15.6. The number of hydrogen-bond acceptors (Lipinski definition) is 9. The molecule has 1 aliphatic heterocycles. The summed E-state index contributed by atoms with van der Waals surface area (Å²) in [6.45, 7) is 3.79. The molecule has 1 unspecified atom stereocenters. The van der Waals surface area contributed by atoms with Crippen molar-refractivity contribution in [2.75, 3.05) is 18.6 Å². The van der Waals surface area contributed by atoms with Crippen LogP contribution in [-0.4, -0.2) is 58.2 Å². The van der Waals surface area contributed by atoms with Gasteiger partial charge >= 0.3 is 0 Å². The monoisotopic (exact) mass is 593 g/mol. The highest BCUT2D eigenvalue weighted by Gasteiger charge is 2.31. The Balaban J connectivity index is 1.54. The number of aliphatic hydroxyl groups is 1. The molecule has 1 amide bonds. The van der Waals surface area contributed by atoms with Crippen molar-refractivity contribution in [3.8, 4) is 5.69 Å². The van der Waals surface area contributed by atoms with Gasteiger partial charge in [-0.2, -0.15) is 5.10 Å². The topological polar surface area (TPSA) is 142 Å². The van der Waals surface area contributed by atoms with Crippen molar-refractivity contribution in [3.63, 3.8) is 0 Å². The highest BCUT2D eigenvalue weighted by atomic mass is 35.5. The van der Waals surface area contributed by atoms with Crippen molar-refractivity contribution in [1.82, 2.24) is 24.4 Å². The predicted molar refractivity (Wildman–Crippen MR) is 157 cm³/mol. The van der Waals surface area contributed by atoms with Gasteiger partial charge in [0.25, 0.3) is 5.91 Å². The van der Waals surface area contributed by atoms with Crippen LogP contribution in [0.1, 0.15) is 51.9 Å². The number of halogens is 1. The van der Waals surface area contributed by atoms with Gasteiger partial charge in [-0.1, -0.05) is 41.4 Å². The van der Waals surface area contributed by atoms with Crippen LogP contribution in [-0.2, 0) is 10.0 Å². The number of nitrogens with one attached hydrogen (secondary N) is 2. The van der Waals surface area contributed by atoms with E-state index < -0.39 is 28.2 Å². The molecule has 2 atom stereocenters. The minimum Gasteiger partial charge on any atom is -0.377 e. The Morgan fingerprint density at radius 2 is 1.88 bits per heavy atom. The summed E-state index contributed by atoms with van der Waals surface area (Å²) in [5.74, 6) is -0.380. The second-order valence-corrected chi connectivity index (χ2v) is 12.0. The van der Waals surface area contributed by atoms with Gasteiger partial charge in [0.2, 0.25) is 10.0 Å². The Kier molecular flexibility index (Phi) is 7.56. The lowest BCUT2D eigenvalue weighted by atomic mass is 9.95. The molecule has 2 aromatic heterocycles. The molecule has 0 aliphatic carbocycles. The van der Waals surface area contributed by atoms with Crippen LogP contribution in [0.2, 0.25) is 5.15 Å². The number of amides is 1. The Hall–Kier alpha value is -4.26. The van der Waals surface area contributed by atoms with Crippen LogP contribution in [0.4, 0.5) is 11.4 Å². The Morgan fingerprint density at radius 3 is 2.59 bits per heavy atom. The number of aliphatic hydroxyl groups excluding tert-OH is 1. The van der Waals surface area contributed by atoms with E-state index in [2.05, 4.69) is 15.4 Å². The maximum atomic E-state index is 12.7.